The van der Waals surface area contributed by atoms with Gasteiger partial charge in [-0.15, -0.1) is 0 Å². The molecular weight excluding hydrogens is 236 g/mol. The molecule has 2 heterocycles. The van der Waals surface area contributed by atoms with E-state index < -0.39 is 0 Å². The van der Waals surface area contributed by atoms with Crippen LogP contribution in [-0.2, 0) is 6.42 Å². The van der Waals surface area contributed by atoms with Crippen molar-refractivity contribution in [3.8, 4) is 0 Å². The molecule has 2 N–H and O–H groups in total. The van der Waals surface area contributed by atoms with Crippen molar-refractivity contribution in [3.63, 3.8) is 0 Å². The zero-order valence-corrected chi connectivity index (χ0v) is 12.0. The molecule has 0 saturated carbocycles. The normalized spacial score (nSPS) is 19.5. The van der Waals surface area contributed by atoms with Crippen LogP contribution in [-0.4, -0.2) is 60.6 Å². The molecule has 19 heavy (non-hydrogen) atoms. The summed E-state index contributed by atoms with van der Waals surface area (Å²) in [6, 6.07) is 4.22. The molecule has 0 spiro atoms. The summed E-state index contributed by atoms with van der Waals surface area (Å²) in [6.45, 7) is 10.1. The average molecular weight is 262 g/mol. The highest BCUT2D eigenvalue weighted by Crippen LogP contribution is 2.06. The summed E-state index contributed by atoms with van der Waals surface area (Å²) in [5.41, 5.74) is 7.07. The number of hydrogen-bond donors (Lipinski definition) is 1. The zero-order chi connectivity index (χ0) is 13.5. The highest BCUT2D eigenvalue weighted by molar-refractivity contribution is 5.09. The van der Waals surface area contributed by atoms with Gasteiger partial charge in [-0.25, -0.2) is 0 Å². The molecule has 0 radical (unpaired) electrons. The van der Waals surface area contributed by atoms with Gasteiger partial charge in [0.25, 0.3) is 0 Å². The molecule has 4 nitrogen and oxygen atoms in total. The molecule has 2 rings (SSSR count). The Morgan fingerprint density at radius 1 is 1.16 bits per heavy atom. The second kappa shape index (κ2) is 7.58. The Bertz CT molecular complexity index is 346. The Kier molecular flexibility index (Phi) is 5.76. The van der Waals surface area contributed by atoms with E-state index in [1.807, 2.05) is 12.4 Å². The van der Waals surface area contributed by atoms with E-state index in [1.54, 1.807) is 0 Å². The SMILES string of the molecule is CC(CN)CN1CCN(CCc2ccncc2)CC1. The van der Waals surface area contributed by atoms with Gasteiger partial charge in [0.1, 0.15) is 0 Å². The van der Waals surface area contributed by atoms with Gasteiger partial charge in [-0.1, -0.05) is 6.92 Å². The molecule has 1 aliphatic heterocycles. The third-order valence-corrected chi connectivity index (χ3v) is 3.90. The van der Waals surface area contributed by atoms with E-state index in [-0.39, 0.29) is 0 Å². The fourth-order valence-corrected chi connectivity index (χ4v) is 2.55. The number of nitrogens with two attached hydrogens (primary N) is 1. The van der Waals surface area contributed by atoms with Crippen molar-refractivity contribution in [3.05, 3.63) is 30.1 Å². The Labute approximate surface area is 116 Å². The summed E-state index contributed by atoms with van der Waals surface area (Å²) >= 11 is 0. The highest BCUT2D eigenvalue weighted by Gasteiger charge is 2.17. The number of aromatic nitrogens is 1. The Morgan fingerprint density at radius 2 is 1.79 bits per heavy atom. The largest absolute Gasteiger partial charge is 0.330 e. The third kappa shape index (κ3) is 4.90. The van der Waals surface area contributed by atoms with Crippen molar-refractivity contribution in [1.29, 1.82) is 0 Å². The van der Waals surface area contributed by atoms with E-state index in [4.69, 9.17) is 5.73 Å². The fraction of sp³-hybridized carbons (Fsp3) is 0.667. The van der Waals surface area contributed by atoms with Crippen LogP contribution in [0.3, 0.4) is 0 Å². The van der Waals surface area contributed by atoms with Gasteiger partial charge in [0, 0.05) is 51.7 Å². The molecular formula is C15H26N4. The number of nitrogens with zero attached hydrogens (tertiary/aromatic N) is 3. The van der Waals surface area contributed by atoms with Crippen LogP contribution in [0.5, 0.6) is 0 Å². The lowest BCUT2D eigenvalue weighted by molar-refractivity contribution is 0.122. The van der Waals surface area contributed by atoms with Gasteiger partial charge < -0.3 is 15.5 Å². The highest BCUT2D eigenvalue weighted by atomic mass is 15.3. The topological polar surface area (TPSA) is 45.4 Å². The van der Waals surface area contributed by atoms with Crippen molar-refractivity contribution < 1.29 is 0 Å². The van der Waals surface area contributed by atoms with Crippen molar-refractivity contribution in [2.24, 2.45) is 11.7 Å². The molecule has 106 valence electrons. The fourth-order valence-electron chi connectivity index (χ4n) is 2.55. The van der Waals surface area contributed by atoms with Crippen LogP contribution in [0.15, 0.2) is 24.5 Å². The number of piperazine rings is 1. The average Bonchev–Trinajstić information content (AvgIpc) is 2.47. The predicted molar refractivity (Wildman–Crippen MR) is 79.0 cm³/mol. The molecule has 1 atom stereocenters. The molecule has 0 bridgehead atoms. The number of hydrogen-bond acceptors (Lipinski definition) is 4. The number of pyridine rings is 1. The van der Waals surface area contributed by atoms with E-state index in [0.29, 0.717) is 5.92 Å². The minimum absolute atomic E-state index is 0.614. The van der Waals surface area contributed by atoms with Crippen LogP contribution < -0.4 is 5.73 Å². The van der Waals surface area contributed by atoms with Crippen molar-refractivity contribution in [1.82, 2.24) is 14.8 Å². The first-order valence-corrected chi connectivity index (χ1v) is 7.31. The summed E-state index contributed by atoms with van der Waals surface area (Å²) < 4.78 is 0. The molecule has 1 aromatic rings. The first-order chi connectivity index (χ1) is 9.28. The standard InChI is InChI=1S/C15H26N4/c1-14(12-16)13-19-10-8-18(9-11-19)7-4-15-2-5-17-6-3-15/h2-3,5-6,14H,4,7-13,16H2,1H3. The van der Waals surface area contributed by atoms with Crippen LogP contribution in [0.1, 0.15) is 12.5 Å². The summed E-state index contributed by atoms with van der Waals surface area (Å²) in [4.78, 5) is 9.16. The van der Waals surface area contributed by atoms with Crippen molar-refractivity contribution in [2.75, 3.05) is 45.8 Å². The summed E-state index contributed by atoms with van der Waals surface area (Å²) in [7, 11) is 0. The Balaban J connectivity index is 1.66. The molecule has 4 heteroatoms. The van der Waals surface area contributed by atoms with E-state index in [0.717, 1.165) is 26.1 Å². The molecule has 1 fully saturated rings. The molecule has 1 aliphatic rings. The quantitative estimate of drug-likeness (QED) is 0.825. The molecule has 0 aromatic carbocycles. The molecule has 0 amide bonds. The number of rotatable bonds is 6. The lowest BCUT2D eigenvalue weighted by Crippen LogP contribution is -2.48. The third-order valence-electron chi connectivity index (χ3n) is 3.90. The maximum Gasteiger partial charge on any atom is 0.0270 e. The van der Waals surface area contributed by atoms with Gasteiger partial charge in [-0.05, 0) is 36.6 Å². The van der Waals surface area contributed by atoms with Gasteiger partial charge in [0.15, 0.2) is 0 Å². The van der Waals surface area contributed by atoms with E-state index in [9.17, 15) is 0 Å². The maximum atomic E-state index is 5.69. The van der Waals surface area contributed by atoms with Crippen LogP contribution in [0, 0.1) is 5.92 Å². The molecule has 0 aliphatic carbocycles. The van der Waals surface area contributed by atoms with Crippen LogP contribution in [0.4, 0.5) is 0 Å². The van der Waals surface area contributed by atoms with Gasteiger partial charge in [0.05, 0.1) is 0 Å². The van der Waals surface area contributed by atoms with E-state index in [1.165, 1.54) is 31.7 Å². The van der Waals surface area contributed by atoms with E-state index in [2.05, 4.69) is 33.8 Å². The van der Waals surface area contributed by atoms with Gasteiger partial charge in [0.2, 0.25) is 0 Å². The predicted octanol–water partition coefficient (Wildman–Crippen LogP) is 0.837. The molecule has 1 aromatic heterocycles. The second-order valence-corrected chi connectivity index (χ2v) is 5.59. The van der Waals surface area contributed by atoms with Gasteiger partial charge in [-0.3, -0.25) is 4.98 Å². The van der Waals surface area contributed by atoms with Crippen LogP contribution >= 0.6 is 0 Å². The monoisotopic (exact) mass is 262 g/mol. The second-order valence-electron chi connectivity index (χ2n) is 5.59. The molecule has 1 unspecified atom stereocenters. The minimum atomic E-state index is 0.614. The lowest BCUT2D eigenvalue weighted by atomic mass is 10.1. The Morgan fingerprint density at radius 3 is 2.42 bits per heavy atom. The van der Waals surface area contributed by atoms with Crippen LogP contribution in [0.2, 0.25) is 0 Å². The smallest absolute Gasteiger partial charge is 0.0270 e. The van der Waals surface area contributed by atoms with Crippen molar-refractivity contribution >= 4 is 0 Å². The summed E-state index contributed by atoms with van der Waals surface area (Å²) in [6.07, 6.45) is 4.88. The molecule has 1 saturated heterocycles. The van der Waals surface area contributed by atoms with Crippen molar-refractivity contribution in [2.45, 2.75) is 13.3 Å². The van der Waals surface area contributed by atoms with Gasteiger partial charge in [-0.2, -0.15) is 0 Å². The summed E-state index contributed by atoms with van der Waals surface area (Å²) in [5, 5.41) is 0. The first-order valence-electron chi connectivity index (χ1n) is 7.31. The maximum absolute atomic E-state index is 5.69. The first kappa shape index (κ1) is 14.4. The van der Waals surface area contributed by atoms with Crippen LogP contribution in [0.25, 0.3) is 0 Å². The Hall–Kier alpha value is -0.970. The minimum Gasteiger partial charge on any atom is -0.330 e. The van der Waals surface area contributed by atoms with E-state index >= 15 is 0 Å². The zero-order valence-electron chi connectivity index (χ0n) is 12.0. The van der Waals surface area contributed by atoms with Gasteiger partial charge >= 0.3 is 0 Å². The summed E-state index contributed by atoms with van der Waals surface area (Å²) in [5.74, 6) is 0.614. The lowest BCUT2D eigenvalue weighted by Gasteiger charge is -2.35.